The molecule has 1 aromatic carbocycles. The fourth-order valence-corrected chi connectivity index (χ4v) is 2.97. The van der Waals surface area contributed by atoms with E-state index in [1.807, 2.05) is 6.92 Å². The molecular formula is C14H17ClFN3S. The molecule has 0 saturated carbocycles. The van der Waals surface area contributed by atoms with Gasteiger partial charge < -0.3 is 5.32 Å². The van der Waals surface area contributed by atoms with Crippen molar-refractivity contribution in [1.82, 2.24) is 14.9 Å². The van der Waals surface area contributed by atoms with Gasteiger partial charge in [0, 0.05) is 11.1 Å². The zero-order chi connectivity index (χ0) is 14.5. The van der Waals surface area contributed by atoms with Gasteiger partial charge in [-0.2, -0.15) is 0 Å². The number of rotatable bonds is 6. The summed E-state index contributed by atoms with van der Waals surface area (Å²) in [4.78, 5) is 1.08. The molecule has 0 aliphatic heterocycles. The predicted molar refractivity (Wildman–Crippen MR) is 80.8 cm³/mol. The molecule has 1 atom stereocenters. The Kier molecular flexibility index (Phi) is 5.46. The second-order valence-electron chi connectivity index (χ2n) is 4.67. The molecule has 0 aliphatic rings. The van der Waals surface area contributed by atoms with E-state index in [4.69, 9.17) is 11.6 Å². The average Bonchev–Trinajstić information content (AvgIpc) is 2.84. The van der Waals surface area contributed by atoms with Gasteiger partial charge in [-0.3, -0.25) is 0 Å². The molecule has 20 heavy (non-hydrogen) atoms. The van der Waals surface area contributed by atoms with E-state index < -0.39 is 0 Å². The summed E-state index contributed by atoms with van der Waals surface area (Å²) >= 11 is 7.53. The summed E-state index contributed by atoms with van der Waals surface area (Å²) in [5.41, 5.74) is 1.71. The molecule has 2 rings (SSSR count). The fourth-order valence-electron chi connectivity index (χ4n) is 2.05. The first-order valence-corrected chi connectivity index (χ1v) is 7.73. The first-order chi connectivity index (χ1) is 9.61. The number of hydrogen-bond donors (Lipinski definition) is 1. The minimum Gasteiger partial charge on any atom is -0.309 e. The van der Waals surface area contributed by atoms with Crippen LogP contribution in [-0.2, 0) is 6.42 Å². The number of halogens is 2. The lowest BCUT2D eigenvalue weighted by molar-refractivity contribution is 0.531. The van der Waals surface area contributed by atoms with Crippen LogP contribution in [0.25, 0.3) is 0 Å². The van der Waals surface area contributed by atoms with Crippen molar-refractivity contribution < 1.29 is 4.39 Å². The highest BCUT2D eigenvalue weighted by Crippen LogP contribution is 2.27. The average molecular weight is 314 g/mol. The van der Waals surface area contributed by atoms with Crippen LogP contribution in [0.2, 0.25) is 5.02 Å². The summed E-state index contributed by atoms with van der Waals surface area (Å²) < 4.78 is 17.3. The van der Waals surface area contributed by atoms with E-state index in [9.17, 15) is 4.39 Å². The molecule has 1 aromatic heterocycles. The van der Waals surface area contributed by atoms with Crippen LogP contribution in [0.3, 0.4) is 0 Å². The number of aromatic nitrogens is 2. The van der Waals surface area contributed by atoms with Crippen molar-refractivity contribution in [3.8, 4) is 0 Å². The van der Waals surface area contributed by atoms with Gasteiger partial charge in [0.2, 0.25) is 0 Å². The smallest absolute Gasteiger partial charge is 0.123 e. The van der Waals surface area contributed by atoms with Gasteiger partial charge in [-0.1, -0.05) is 23.0 Å². The Balaban J connectivity index is 2.23. The largest absolute Gasteiger partial charge is 0.309 e. The number of benzene rings is 1. The van der Waals surface area contributed by atoms with Crippen molar-refractivity contribution in [1.29, 1.82) is 0 Å². The molecule has 108 valence electrons. The Bertz CT molecular complexity index is 573. The van der Waals surface area contributed by atoms with Crippen molar-refractivity contribution in [2.24, 2.45) is 0 Å². The molecule has 0 amide bonds. The first kappa shape index (κ1) is 15.4. The molecule has 0 bridgehead atoms. The van der Waals surface area contributed by atoms with Crippen LogP contribution in [0.15, 0.2) is 18.2 Å². The lowest BCUT2D eigenvalue weighted by Gasteiger charge is -2.18. The SMILES string of the molecule is CCCNC(Cc1cc(F)ccc1Cl)c1snnc1C. The first-order valence-electron chi connectivity index (χ1n) is 6.58. The Morgan fingerprint density at radius 1 is 1.45 bits per heavy atom. The maximum Gasteiger partial charge on any atom is 0.123 e. The fraction of sp³-hybridized carbons (Fsp3) is 0.429. The van der Waals surface area contributed by atoms with Gasteiger partial charge in [0.05, 0.1) is 10.6 Å². The van der Waals surface area contributed by atoms with E-state index in [1.165, 1.54) is 23.7 Å². The van der Waals surface area contributed by atoms with Crippen LogP contribution in [0.4, 0.5) is 4.39 Å². The van der Waals surface area contributed by atoms with E-state index in [2.05, 4.69) is 21.8 Å². The Morgan fingerprint density at radius 3 is 2.90 bits per heavy atom. The lowest BCUT2D eigenvalue weighted by atomic mass is 10.0. The maximum absolute atomic E-state index is 13.4. The van der Waals surface area contributed by atoms with Crippen molar-refractivity contribution in [2.45, 2.75) is 32.7 Å². The van der Waals surface area contributed by atoms with Crippen LogP contribution in [0.5, 0.6) is 0 Å². The van der Waals surface area contributed by atoms with Crippen LogP contribution in [-0.4, -0.2) is 16.1 Å². The summed E-state index contributed by atoms with van der Waals surface area (Å²) in [5, 5.41) is 8.09. The number of nitrogens with zero attached hydrogens (tertiary/aromatic N) is 2. The standard InChI is InChI=1S/C14H17ClFN3S/c1-3-6-17-13(14-9(2)18-19-20-14)8-10-7-11(16)4-5-12(10)15/h4-5,7,13,17H,3,6,8H2,1-2H3. The van der Waals surface area contributed by atoms with Gasteiger partial charge in [0.15, 0.2) is 0 Å². The highest BCUT2D eigenvalue weighted by Gasteiger charge is 2.18. The molecule has 1 heterocycles. The van der Waals surface area contributed by atoms with E-state index in [-0.39, 0.29) is 11.9 Å². The minimum absolute atomic E-state index is 0.0641. The lowest BCUT2D eigenvalue weighted by Crippen LogP contribution is -2.24. The molecule has 1 unspecified atom stereocenters. The number of nitrogens with one attached hydrogen (secondary N) is 1. The molecule has 0 radical (unpaired) electrons. The molecule has 1 N–H and O–H groups in total. The van der Waals surface area contributed by atoms with Crippen LogP contribution >= 0.6 is 23.1 Å². The van der Waals surface area contributed by atoms with Gasteiger partial charge in [0.25, 0.3) is 0 Å². The molecule has 3 nitrogen and oxygen atoms in total. The summed E-state index contributed by atoms with van der Waals surface area (Å²) in [6, 6.07) is 4.53. The third-order valence-electron chi connectivity index (χ3n) is 3.08. The molecule has 0 saturated heterocycles. The van der Waals surface area contributed by atoms with Crippen molar-refractivity contribution >= 4 is 23.1 Å². The van der Waals surface area contributed by atoms with Gasteiger partial charge in [-0.25, -0.2) is 4.39 Å². The Labute approximate surface area is 127 Å². The van der Waals surface area contributed by atoms with E-state index >= 15 is 0 Å². The monoisotopic (exact) mass is 313 g/mol. The van der Waals surface area contributed by atoms with Crippen molar-refractivity contribution in [3.63, 3.8) is 0 Å². The number of aryl methyl sites for hydroxylation is 1. The van der Waals surface area contributed by atoms with Gasteiger partial charge >= 0.3 is 0 Å². The summed E-state index contributed by atoms with van der Waals surface area (Å²) in [6.45, 7) is 4.93. The second-order valence-corrected chi connectivity index (χ2v) is 5.86. The topological polar surface area (TPSA) is 37.8 Å². The Hall–Kier alpha value is -1.04. The predicted octanol–water partition coefficient (Wildman–Crippen LogP) is 3.92. The second kappa shape index (κ2) is 7.11. The van der Waals surface area contributed by atoms with Crippen molar-refractivity contribution in [3.05, 3.63) is 45.2 Å². The normalized spacial score (nSPS) is 12.6. The highest BCUT2D eigenvalue weighted by molar-refractivity contribution is 7.05. The molecule has 0 spiro atoms. The van der Waals surface area contributed by atoms with E-state index in [0.29, 0.717) is 11.4 Å². The zero-order valence-electron chi connectivity index (χ0n) is 11.5. The molecule has 0 aliphatic carbocycles. The maximum atomic E-state index is 13.4. The minimum atomic E-state index is -0.266. The zero-order valence-corrected chi connectivity index (χ0v) is 13.1. The van der Waals surface area contributed by atoms with E-state index in [0.717, 1.165) is 29.1 Å². The van der Waals surface area contributed by atoms with Gasteiger partial charge in [-0.15, -0.1) is 5.10 Å². The quantitative estimate of drug-likeness (QED) is 0.878. The molecule has 2 aromatic rings. The van der Waals surface area contributed by atoms with Gasteiger partial charge in [0.1, 0.15) is 5.82 Å². The highest BCUT2D eigenvalue weighted by atomic mass is 35.5. The molecule has 0 fully saturated rings. The van der Waals surface area contributed by atoms with E-state index in [1.54, 1.807) is 6.07 Å². The van der Waals surface area contributed by atoms with Gasteiger partial charge in [-0.05, 0) is 61.6 Å². The Morgan fingerprint density at radius 2 is 2.25 bits per heavy atom. The van der Waals surface area contributed by atoms with Crippen molar-refractivity contribution in [2.75, 3.05) is 6.54 Å². The summed E-state index contributed by atoms with van der Waals surface area (Å²) in [5.74, 6) is -0.266. The van der Waals surface area contributed by atoms with Crippen LogP contribution in [0.1, 0.15) is 35.5 Å². The summed E-state index contributed by atoms with van der Waals surface area (Å²) in [7, 11) is 0. The third kappa shape index (κ3) is 3.75. The van der Waals surface area contributed by atoms with Crippen LogP contribution in [0, 0.1) is 12.7 Å². The van der Waals surface area contributed by atoms with Crippen LogP contribution < -0.4 is 5.32 Å². The summed E-state index contributed by atoms with van der Waals surface area (Å²) in [6.07, 6.45) is 1.65. The number of hydrogen-bond acceptors (Lipinski definition) is 4. The molecular weight excluding hydrogens is 297 g/mol. The third-order valence-corrected chi connectivity index (χ3v) is 4.38. The molecule has 6 heteroatoms.